The van der Waals surface area contributed by atoms with E-state index < -0.39 is 22.0 Å². The molecule has 5 nitrogen and oxygen atoms in total. The minimum atomic E-state index is -3.84. The largest absolute Gasteiger partial charge is 0.468 e. The van der Waals surface area contributed by atoms with Gasteiger partial charge in [0.1, 0.15) is 6.04 Å². The third-order valence-corrected chi connectivity index (χ3v) is 6.41. The summed E-state index contributed by atoms with van der Waals surface area (Å²) in [6, 6.07) is 3.65. The fourth-order valence-corrected chi connectivity index (χ4v) is 4.56. The first-order valence-corrected chi connectivity index (χ1v) is 10.1. The van der Waals surface area contributed by atoms with E-state index in [1.54, 1.807) is 13.0 Å². The first-order chi connectivity index (χ1) is 11.3. The van der Waals surface area contributed by atoms with Gasteiger partial charge in [-0.15, -0.1) is 0 Å². The number of hydrogen-bond donors (Lipinski definition) is 1. The number of esters is 1. The molecular formula is C17H24ClNO4S. The van der Waals surface area contributed by atoms with Crippen LogP contribution >= 0.6 is 11.6 Å². The van der Waals surface area contributed by atoms with E-state index in [1.165, 1.54) is 25.7 Å². The van der Waals surface area contributed by atoms with Crippen molar-refractivity contribution >= 4 is 27.6 Å². The second-order valence-electron chi connectivity index (χ2n) is 6.35. The first kappa shape index (κ1) is 19.2. The van der Waals surface area contributed by atoms with Crippen molar-refractivity contribution in [3.05, 3.63) is 28.8 Å². The van der Waals surface area contributed by atoms with Crippen LogP contribution in [0.25, 0.3) is 0 Å². The summed E-state index contributed by atoms with van der Waals surface area (Å²) in [5, 5.41) is 0.375. The van der Waals surface area contributed by atoms with Gasteiger partial charge in [-0.25, -0.2) is 8.42 Å². The summed E-state index contributed by atoms with van der Waals surface area (Å²) in [7, 11) is -2.57. The maximum atomic E-state index is 12.6. The average molecular weight is 374 g/mol. The van der Waals surface area contributed by atoms with Crippen molar-refractivity contribution in [3.8, 4) is 0 Å². The molecule has 0 saturated heterocycles. The Labute approximate surface area is 148 Å². The lowest BCUT2D eigenvalue weighted by Gasteiger charge is -2.25. The highest BCUT2D eigenvalue weighted by Gasteiger charge is 2.30. The van der Waals surface area contributed by atoms with Crippen molar-refractivity contribution in [2.75, 3.05) is 7.11 Å². The van der Waals surface area contributed by atoms with Gasteiger partial charge in [0.2, 0.25) is 10.0 Å². The molecule has 1 aromatic carbocycles. The molecule has 0 aromatic heterocycles. The number of halogens is 1. The van der Waals surface area contributed by atoms with Gasteiger partial charge in [-0.05, 0) is 37.0 Å². The number of carbonyl (C=O) groups excluding carboxylic acids is 1. The van der Waals surface area contributed by atoms with Gasteiger partial charge >= 0.3 is 5.97 Å². The van der Waals surface area contributed by atoms with E-state index >= 15 is 0 Å². The predicted octanol–water partition coefficient (Wildman–Crippen LogP) is 3.44. The lowest BCUT2D eigenvalue weighted by molar-refractivity contribution is -0.143. The van der Waals surface area contributed by atoms with Crippen molar-refractivity contribution in [1.29, 1.82) is 0 Å². The molecule has 0 heterocycles. The summed E-state index contributed by atoms with van der Waals surface area (Å²) in [4.78, 5) is 12.1. The summed E-state index contributed by atoms with van der Waals surface area (Å²) < 4.78 is 32.5. The number of benzene rings is 1. The van der Waals surface area contributed by atoms with Crippen LogP contribution in [0.15, 0.2) is 23.1 Å². The highest BCUT2D eigenvalue weighted by atomic mass is 35.5. The van der Waals surface area contributed by atoms with Crippen LogP contribution in [0, 0.1) is 12.8 Å². The van der Waals surface area contributed by atoms with Crippen LogP contribution in [0.4, 0.5) is 0 Å². The number of nitrogens with one attached hydrogen (secondary N) is 1. The number of rotatable bonds is 6. The molecular weight excluding hydrogens is 350 g/mol. The van der Waals surface area contributed by atoms with Crippen molar-refractivity contribution in [2.45, 2.75) is 56.4 Å². The zero-order chi connectivity index (χ0) is 17.7. The molecule has 7 heteroatoms. The molecule has 0 aliphatic heterocycles. The summed E-state index contributed by atoms with van der Waals surface area (Å²) in [6.45, 7) is 1.80. The average Bonchev–Trinajstić information content (AvgIpc) is 2.56. The monoisotopic (exact) mass is 373 g/mol. The van der Waals surface area contributed by atoms with Gasteiger partial charge in [0.15, 0.2) is 0 Å². The number of aryl methyl sites for hydroxylation is 1. The number of methoxy groups -OCH3 is 1. The summed E-state index contributed by atoms with van der Waals surface area (Å²) >= 11 is 6.02. The highest BCUT2D eigenvalue weighted by molar-refractivity contribution is 7.89. The Bertz CT molecular complexity index is 684. The Morgan fingerprint density at radius 3 is 2.58 bits per heavy atom. The van der Waals surface area contributed by atoms with Crippen LogP contribution in [-0.4, -0.2) is 27.5 Å². The van der Waals surface area contributed by atoms with E-state index in [0.29, 0.717) is 17.4 Å². The molecule has 1 aliphatic carbocycles. The highest BCUT2D eigenvalue weighted by Crippen LogP contribution is 2.28. The van der Waals surface area contributed by atoms with Gasteiger partial charge < -0.3 is 4.74 Å². The molecule has 2 rings (SSSR count). The Morgan fingerprint density at radius 2 is 2.00 bits per heavy atom. The first-order valence-electron chi connectivity index (χ1n) is 8.20. The van der Waals surface area contributed by atoms with Crippen LogP contribution in [0.1, 0.15) is 44.1 Å². The topological polar surface area (TPSA) is 72.5 Å². The van der Waals surface area contributed by atoms with E-state index in [2.05, 4.69) is 4.72 Å². The lowest BCUT2D eigenvalue weighted by Crippen LogP contribution is -2.42. The number of ether oxygens (including phenoxy) is 1. The van der Waals surface area contributed by atoms with Crippen LogP contribution in [0.2, 0.25) is 5.02 Å². The second-order valence-corrected chi connectivity index (χ2v) is 8.47. The maximum absolute atomic E-state index is 12.6. The molecule has 0 amide bonds. The standard InChI is InChI=1S/C17H24ClNO4S/c1-12-8-9-14(11-15(12)18)24(21,22)19-16(17(20)23-2)10-13-6-4-3-5-7-13/h8-9,11,13,16,19H,3-7,10H2,1-2H3. The van der Waals surface area contributed by atoms with Crippen LogP contribution < -0.4 is 4.72 Å². The molecule has 1 unspecified atom stereocenters. The van der Waals surface area contributed by atoms with Gasteiger partial charge in [-0.1, -0.05) is 49.8 Å². The summed E-state index contributed by atoms with van der Waals surface area (Å²) in [6.07, 6.45) is 5.95. The molecule has 24 heavy (non-hydrogen) atoms. The van der Waals surface area contributed by atoms with Crippen molar-refractivity contribution < 1.29 is 17.9 Å². The van der Waals surface area contributed by atoms with E-state index in [4.69, 9.17) is 16.3 Å². The maximum Gasteiger partial charge on any atom is 0.323 e. The van der Waals surface area contributed by atoms with Gasteiger partial charge in [0, 0.05) is 5.02 Å². The minimum absolute atomic E-state index is 0.0515. The molecule has 1 aromatic rings. The molecule has 0 radical (unpaired) electrons. The van der Waals surface area contributed by atoms with Gasteiger partial charge in [0.25, 0.3) is 0 Å². The second kappa shape index (κ2) is 8.32. The molecule has 1 aliphatic rings. The third-order valence-electron chi connectivity index (χ3n) is 4.53. The van der Waals surface area contributed by atoms with Crippen molar-refractivity contribution in [2.24, 2.45) is 5.92 Å². The van der Waals surface area contributed by atoms with Crippen LogP contribution in [0.3, 0.4) is 0 Å². The van der Waals surface area contributed by atoms with Gasteiger partial charge in [-0.2, -0.15) is 4.72 Å². The number of carbonyl (C=O) groups is 1. The van der Waals surface area contributed by atoms with Crippen LogP contribution in [-0.2, 0) is 19.6 Å². The smallest absolute Gasteiger partial charge is 0.323 e. The van der Waals surface area contributed by atoms with Gasteiger partial charge in [0.05, 0.1) is 12.0 Å². The van der Waals surface area contributed by atoms with Crippen molar-refractivity contribution in [1.82, 2.24) is 4.72 Å². The lowest BCUT2D eigenvalue weighted by atomic mass is 9.85. The van der Waals surface area contributed by atoms with E-state index in [1.807, 2.05) is 0 Å². The fourth-order valence-electron chi connectivity index (χ4n) is 3.09. The Hall–Kier alpha value is -1.11. The predicted molar refractivity (Wildman–Crippen MR) is 93.5 cm³/mol. The SMILES string of the molecule is COC(=O)C(CC1CCCCC1)NS(=O)(=O)c1ccc(C)c(Cl)c1. The zero-order valence-corrected chi connectivity index (χ0v) is 15.6. The van der Waals surface area contributed by atoms with Gasteiger partial charge in [-0.3, -0.25) is 4.79 Å². The van der Waals surface area contributed by atoms with E-state index in [-0.39, 0.29) is 4.90 Å². The van der Waals surface area contributed by atoms with E-state index in [9.17, 15) is 13.2 Å². The zero-order valence-electron chi connectivity index (χ0n) is 14.0. The van der Waals surface area contributed by atoms with Crippen LogP contribution in [0.5, 0.6) is 0 Å². The fraction of sp³-hybridized carbons (Fsp3) is 0.588. The molecule has 1 saturated carbocycles. The number of sulfonamides is 1. The Kier molecular flexibility index (Phi) is 6.66. The Balaban J connectivity index is 2.17. The minimum Gasteiger partial charge on any atom is -0.468 e. The molecule has 1 N–H and O–H groups in total. The summed E-state index contributed by atoms with van der Waals surface area (Å²) in [5.74, 6) is -0.213. The third kappa shape index (κ3) is 4.94. The molecule has 134 valence electrons. The summed E-state index contributed by atoms with van der Waals surface area (Å²) in [5.41, 5.74) is 0.794. The quantitative estimate of drug-likeness (QED) is 0.775. The molecule has 1 fully saturated rings. The molecule has 0 bridgehead atoms. The molecule has 0 spiro atoms. The van der Waals surface area contributed by atoms with E-state index in [0.717, 1.165) is 31.2 Å². The van der Waals surface area contributed by atoms with Crippen molar-refractivity contribution in [3.63, 3.8) is 0 Å². The number of hydrogen-bond acceptors (Lipinski definition) is 4. The molecule has 1 atom stereocenters. The Morgan fingerprint density at radius 1 is 1.33 bits per heavy atom. The normalized spacial score (nSPS) is 17.5.